The summed E-state index contributed by atoms with van der Waals surface area (Å²) in [7, 11) is 0. The lowest BCUT2D eigenvalue weighted by Crippen LogP contribution is -2.29. The summed E-state index contributed by atoms with van der Waals surface area (Å²) in [6.07, 6.45) is 0.494. The summed E-state index contributed by atoms with van der Waals surface area (Å²) in [6.45, 7) is 5.44. The smallest absolute Gasteiger partial charge is 0.161 e. The summed E-state index contributed by atoms with van der Waals surface area (Å²) in [5.41, 5.74) is -0.599. The third-order valence-electron chi connectivity index (χ3n) is 1.96. The number of hydrogen-bond donors (Lipinski definition) is 1. The fourth-order valence-corrected chi connectivity index (χ4v) is 0.998. The largest absolute Gasteiger partial charge is 0.299 e. The number of carbonyl (C=O) groups excluding carboxylic acids is 1. The maximum absolute atomic E-state index is 11.4. The van der Waals surface area contributed by atoms with Gasteiger partial charge in [-0.3, -0.25) is 4.79 Å². The van der Waals surface area contributed by atoms with Crippen molar-refractivity contribution in [3.8, 4) is 0 Å². The fraction of sp³-hybridized carbons (Fsp3) is 0.714. The highest BCUT2D eigenvalue weighted by Gasteiger charge is 2.31. The standard InChI is InChI=1S/C7H12N4O/c1-4-5(12)7(2,3)6-8-10-11-9-6/h4H2,1-3H3,(H,8,9,10,11). The van der Waals surface area contributed by atoms with E-state index in [0.717, 1.165) is 0 Å². The molecule has 0 atom stereocenters. The van der Waals surface area contributed by atoms with Gasteiger partial charge in [0.2, 0.25) is 0 Å². The molecule has 0 aromatic carbocycles. The van der Waals surface area contributed by atoms with Crippen molar-refractivity contribution in [2.24, 2.45) is 0 Å². The molecule has 1 aromatic heterocycles. The Labute approximate surface area is 70.6 Å². The van der Waals surface area contributed by atoms with Gasteiger partial charge in [0.1, 0.15) is 5.78 Å². The second kappa shape index (κ2) is 3.00. The van der Waals surface area contributed by atoms with Gasteiger partial charge < -0.3 is 0 Å². The summed E-state index contributed by atoms with van der Waals surface area (Å²) in [6, 6.07) is 0. The zero-order valence-electron chi connectivity index (χ0n) is 7.46. The van der Waals surface area contributed by atoms with Crippen LogP contribution in [0.2, 0.25) is 0 Å². The highest BCUT2D eigenvalue weighted by atomic mass is 16.1. The maximum atomic E-state index is 11.4. The van der Waals surface area contributed by atoms with E-state index in [1.807, 2.05) is 6.92 Å². The molecule has 5 nitrogen and oxygen atoms in total. The van der Waals surface area contributed by atoms with Crippen LogP contribution in [-0.4, -0.2) is 26.4 Å². The molecule has 0 saturated carbocycles. The maximum Gasteiger partial charge on any atom is 0.161 e. The van der Waals surface area contributed by atoms with E-state index in [0.29, 0.717) is 12.2 Å². The van der Waals surface area contributed by atoms with Crippen LogP contribution >= 0.6 is 0 Å². The van der Waals surface area contributed by atoms with Crippen molar-refractivity contribution in [2.45, 2.75) is 32.6 Å². The number of tetrazole rings is 1. The topological polar surface area (TPSA) is 71.5 Å². The molecule has 0 fully saturated rings. The number of carbonyl (C=O) groups is 1. The molecule has 0 aliphatic heterocycles. The minimum atomic E-state index is -0.599. The highest BCUT2D eigenvalue weighted by molar-refractivity contribution is 5.87. The summed E-state index contributed by atoms with van der Waals surface area (Å²) >= 11 is 0. The van der Waals surface area contributed by atoms with E-state index in [9.17, 15) is 4.79 Å². The van der Waals surface area contributed by atoms with Crippen molar-refractivity contribution in [3.05, 3.63) is 5.82 Å². The van der Waals surface area contributed by atoms with E-state index < -0.39 is 5.41 Å². The number of ketones is 1. The Morgan fingerprint density at radius 3 is 2.67 bits per heavy atom. The molecule has 0 amide bonds. The summed E-state index contributed by atoms with van der Waals surface area (Å²) < 4.78 is 0. The third-order valence-corrected chi connectivity index (χ3v) is 1.96. The van der Waals surface area contributed by atoms with Crippen molar-refractivity contribution in [1.29, 1.82) is 0 Å². The number of Topliss-reactive ketones (excluding diaryl/α,β-unsaturated/α-hetero) is 1. The Kier molecular flexibility index (Phi) is 2.21. The van der Waals surface area contributed by atoms with Crippen molar-refractivity contribution in [2.75, 3.05) is 0 Å². The van der Waals surface area contributed by atoms with Gasteiger partial charge in [-0.15, -0.1) is 5.10 Å². The van der Waals surface area contributed by atoms with E-state index in [1.165, 1.54) is 0 Å². The van der Waals surface area contributed by atoms with E-state index in [1.54, 1.807) is 13.8 Å². The number of aromatic nitrogens is 4. The van der Waals surface area contributed by atoms with Crippen LogP contribution in [0.25, 0.3) is 0 Å². The predicted molar refractivity (Wildman–Crippen MR) is 42.5 cm³/mol. The van der Waals surface area contributed by atoms with Gasteiger partial charge in [-0.25, -0.2) is 5.10 Å². The predicted octanol–water partition coefficient (Wildman–Crippen LogP) is 0.456. The van der Waals surface area contributed by atoms with Gasteiger partial charge >= 0.3 is 0 Å². The molecule has 66 valence electrons. The summed E-state index contributed by atoms with van der Waals surface area (Å²) in [4.78, 5) is 11.4. The average Bonchev–Trinajstić information content (AvgIpc) is 2.55. The molecule has 0 saturated heterocycles. The minimum Gasteiger partial charge on any atom is -0.299 e. The number of hydrogen-bond acceptors (Lipinski definition) is 4. The zero-order chi connectivity index (χ0) is 9.19. The van der Waals surface area contributed by atoms with Crippen LogP contribution in [0.3, 0.4) is 0 Å². The normalized spacial score (nSPS) is 11.6. The van der Waals surface area contributed by atoms with E-state index in [4.69, 9.17) is 0 Å². The number of aromatic amines is 1. The van der Waals surface area contributed by atoms with Crippen LogP contribution in [0.5, 0.6) is 0 Å². The van der Waals surface area contributed by atoms with Gasteiger partial charge in [-0.1, -0.05) is 6.92 Å². The van der Waals surface area contributed by atoms with Crippen LogP contribution in [0.15, 0.2) is 0 Å². The van der Waals surface area contributed by atoms with Crippen LogP contribution in [0.4, 0.5) is 0 Å². The molecule has 12 heavy (non-hydrogen) atoms. The first-order valence-corrected chi connectivity index (χ1v) is 3.86. The monoisotopic (exact) mass is 168 g/mol. The number of nitrogens with zero attached hydrogens (tertiary/aromatic N) is 3. The molecule has 0 aliphatic carbocycles. The fourth-order valence-electron chi connectivity index (χ4n) is 0.998. The molecular weight excluding hydrogens is 156 g/mol. The Morgan fingerprint density at radius 2 is 2.25 bits per heavy atom. The van der Waals surface area contributed by atoms with Crippen molar-refractivity contribution in [1.82, 2.24) is 20.6 Å². The second-order valence-corrected chi connectivity index (χ2v) is 3.15. The Morgan fingerprint density at radius 1 is 1.58 bits per heavy atom. The minimum absolute atomic E-state index is 0.126. The molecule has 0 unspecified atom stereocenters. The number of H-pyrrole nitrogens is 1. The first-order valence-electron chi connectivity index (χ1n) is 3.86. The SMILES string of the molecule is CCC(=O)C(C)(C)c1nnn[nH]1. The molecule has 1 rings (SSSR count). The van der Waals surface area contributed by atoms with Gasteiger partial charge in [0.05, 0.1) is 5.41 Å². The Balaban J connectivity index is 2.93. The van der Waals surface area contributed by atoms with Crippen molar-refractivity contribution in [3.63, 3.8) is 0 Å². The zero-order valence-corrected chi connectivity index (χ0v) is 7.46. The number of nitrogens with one attached hydrogen (secondary N) is 1. The molecular formula is C7H12N4O. The lowest BCUT2D eigenvalue weighted by Gasteiger charge is -2.17. The summed E-state index contributed by atoms with van der Waals surface area (Å²) in [5.74, 6) is 0.649. The summed E-state index contributed by atoms with van der Waals surface area (Å²) in [5, 5.41) is 13.2. The molecule has 1 N–H and O–H groups in total. The van der Waals surface area contributed by atoms with Crippen LogP contribution in [-0.2, 0) is 10.2 Å². The van der Waals surface area contributed by atoms with Crippen LogP contribution in [0.1, 0.15) is 33.0 Å². The second-order valence-electron chi connectivity index (χ2n) is 3.15. The Hall–Kier alpha value is -1.26. The third kappa shape index (κ3) is 1.34. The van der Waals surface area contributed by atoms with Gasteiger partial charge in [-0.05, 0) is 24.3 Å². The van der Waals surface area contributed by atoms with Gasteiger partial charge in [0, 0.05) is 6.42 Å². The lowest BCUT2D eigenvalue weighted by atomic mass is 9.86. The highest BCUT2D eigenvalue weighted by Crippen LogP contribution is 2.20. The molecule has 0 aliphatic rings. The van der Waals surface area contributed by atoms with Crippen molar-refractivity contribution < 1.29 is 4.79 Å². The molecule has 0 spiro atoms. The quantitative estimate of drug-likeness (QED) is 0.711. The van der Waals surface area contributed by atoms with Crippen molar-refractivity contribution >= 4 is 5.78 Å². The van der Waals surface area contributed by atoms with Gasteiger partial charge in [0.25, 0.3) is 0 Å². The van der Waals surface area contributed by atoms with Gasteiger partial charge in [0.15, 0.2) is 5.82 Å². The molecule has 1 heterocycles. The van der Waals surface area contributed by atoms with Gasteiger partial charge in [-0.2, -0.15) is 0 Å². The molecule has 1 aromatic rings. The lowest BCUT2D eigenvalue weighted by molar-refractivity contribution is -0.123. The van der Waals surface area contributed by atoms with E-state index in [2.05, 4.69) is 20.6 Å². The first kappa shape index (κ1) is 8.83. The average molecular weight is 168 g/mol. The van der Waals surface area contributed by atoms with E-state index in [-0.39, 0.29) is 5.78 Å². The molecule has 0 radical (unpaired) electrons. The van der Waals surface area contributed by atoms with Crippen LogP contribution in [0, 0.1) is 0 Å². The first-order chi connectivity index (χ1) is 5.59. The number of rotatable bonds is 3. The van der Waals surface area contributed by atoms with Crippen LogP contribution < -0.4 is 0 Å². The Bertz CT molecular complexity index is 265. The molecule has 5 heteroatoms. The molecule has 0 bridgehead atoms. The van der Waals surface area contributed by atoms with E-state index >= 15 is 0 Å².